The summed E-state index contributed by atoms with van der Waals surface area (Å²) in [6.45, 7) is 2.77. The first-order valence-corrected chi connectivity index (χ1v) is 8.44. The molecule has 1 aliphatic rings. The van der Waals surface area contributed by atoms with Gasteiger partial charge in [0.15, 0.2) is 0 Å². The third-order valence-corrected chi connectivity index (χ3v) is 4.78. The van der Waals surface area contributed by atoms with Crippen molar-refractivity contribution in [2.45, 2.75) is 45.3 Å². The Hall–Kier alpha value is -1.88. The van der Waals surface area contributed by atoms with E-state index in [2.05, 4.69) is 17.2 Å². The molecular formula is C18H25N3O2. The van der Waals surface area contributed by atoms with E-state index < -0.39 is 0 Å². The zero-order valence-corrected chi connectivity index (χ0v) is 13.9. The molecule has 1 aliphatic carbocycles. The number of para-hydroxylation sites is 2. The zero-order chi connectivity index (χ0) is 16.2. The molecule has 0 spiro atoms. The number of rotatable bonds is 5. The molecule has 1 N–H and O–H groups in total. The smallest absolute Gasteiger partial charge is 0.246 e. The first-order valence-electron chi connectivity index (χ1n) is 8.44. The number of amides is 1. The Labute approximate surface area is 137 Å². The third-order valence-electron chi connectivity index (χ3n) is 4.78. The van der Waals surface area contributed by atoms with Crippen LogP contribution in [0.4, 0.5) is 0 Å². The monoisotopic (exact) mass is 315 g/mol. The van der Waals surface area contributed by atoms with E-state index in [0.29, 0.717) is 12.5 Å². The summed E-state index contributed by atoms with van der Waals surface area (Å²) in [5, 5.41) is 2.91. The van der Waals surface area contributed by atoms with Gasteiger partial charge in [-0.3, -0.25) is 4.79 Å². The molecule has 2 aromatic rings. The molecule has 0 radical (unpaired) electrons. The van der Waals surface area contributed by atoms with E-state index in [1.807, 2.05) is 35.9 Å². The van der Waals surface area contributed by atoms with Crippen LogP contribution in [0.2, 0.25) is 0 Å². The van der Waals surface area contributed by atoms with Crippen LogP contribution in [-0.4, -0.2) is 28.2 Å². The number of hydrogen-bond acceptors (Lipinski definition) is 3. The minimum Gasteiger partial charge on any atom is -0.368 e. The third kappa shape index (κ3) is 3.72. The normalized spacial score (nSPS) is 21.5. The van der Waals surface area contributed by atoms with Crippen molar-refractivity contribution >= 4 is 16.9 Å². The van der Waals surface area contributed by atoms with Gasteiger partial charge in [0, 0.05) is 7.05 Å². The lowest BCUT2D eigenvalue weighted by atomic mass is 9.88. The molecule has 1 fully saturated rings. The molecule has 3 rings (SSSR count). The number of carbonyl (C=O) groups excluding carboxylic acids is 1. The van der Waals surface area contributed by atoms with Crippen molar-refractivity contribution in [2.75, 3.05) is 6.61 Å². The molecule has 2 atom stereocenters. The van der Waals surface area contributed by atoms with E-state index in [1.54, 1.807) is 0 Å². The van der Waals surface area contributed by atoms with E-state index in [4.69, 9.17) is 4.74 Å². The van der Waals surface area contributed by atoms with E-state index >= 15 is 0 Å². The maximum Gasteiger partial charge on any atom is 0.246 e. The van der Waals surface area contributed by atoms with Crippen LogP contribution < -0.4 is 5.32 Å². The molecule has 0 aliphatic heterocycles. The number of carbonyl (C=O) groups is 1. The number of nitrogens with one attached hydrogen (secondary N) is 1. The van der Waals surface area contributed by atoms with Gasteiger partial charge in [-0.1, -0.05) is 31.9 Å². The maximum atomic E-state index is 12.0. The Bertz CT molecular complexity index is 680. The molecule has 0 bridgehead atoms. The van der Waals surface area contributed by atoms with Gasteiger partial charge in [0.05, 0.1) is 23.7 Å². The molecule has 1 aromatic heterocycles. The van der Waals surface area contributed by atoms with Gasteiger partial charge in [0.2, 0.25) is 5.91 Å². The van der Waals surface area contributed by atoms with Crippen molar-refractivity contribution in [1.29, 1.82) is 0 Å². The predicted octanol–water partition coefficient (Wildman–Crippen LogP) is 2.78. The molecule has 5 heteroatoms. The highest BCUT2D eigenvalue weighted by atomic mass is 16.5. The quantitative estimate of drug-likeness (QED) is 0.923. The number of aromatic nitrogens is 2. The van der Waals surface area contributed by atoms with Crippen molar-refractivity contribution in [3.05, 3.63) is 30.1 Å². The SMILES string of the molecule is C[C@@H]1CCCC[C@@H]1OCC(=O)NCc1nc2ccccc2n1C. The topological polar surface area (TPSA) is 56.1 Å². The summed E-state index contributed by atoms with van der Waals surface area (Å²) in [6.07, 6.45) is 4.98. The largest absolute Gasteiger partial charge is 0.368 e. The first-order chi connectivity index (χ1) is 11.1. The fourth-order valence-electron chi connectivity index (χ4n) is 3.29. The Kier molecular flexibility index (Phi) is 4.96. The van der Waals surface area contributed by atoms with Gasteiger partial charge in [-0.15, -0.1) is 0 Å². The van der Waals surface area contributed by atoms with Crippen molar-refractivity contribution in [3.63, 3.8) is 0 Å². The predicted molar refractivity (Wildman–Crippen MR) is 89.9 cm³/mol. The van der Waals surface area contributed by atoms with Gasteiger partial charge < -0.3 is 14.6 Å². The maximum absolute atomic E-state index is 12.0. The summed E-state index contributed by atoms with van der Waals surface area (Å²) in [6, 6.07) is 7.97. The summed E-state index contributed by atoms with van der Waals surface area (Å²) in [4.78, 5) is 16.6. The summed E-state index contributed by atoms with van der Waals surface area (Å²) in [7, 11) is 1.97. The number of imidazole rings is 1. The minimum absolute atomic E-state index is 0.0742. The van der Waals surface area contributed by atoms with Crippen LogP contribution in [0.1, 0.15) is 38.4 Å². The fraction of sp³-hybridized carbons (Fsp3) is 0.556. The van der Waals surface area contributed by atoms with Crippen LogP contribution in [0, 0.1) is 5.92 Å². The lowest BCUT2D eigenvalue weighted by molar-refractivity contribution is -0.129. The van der Waals surface area contributed by atoms with Gasteiger partial charge in [-0.05, 0) is 30.9 Å². The second-order valence-corrected chi connectivity index (χ2v) is 6.46. The second-order valence-electron chi connectivity index (χ2n) is 6.46. The molecule has 1 heterocycles. The highest BCUT2D eigenvalue weighted by Crippen LogP contribution is 2.26. The van der Waals surface area contributed by atoms with E-state index in [0.717, 1.165) is 23.3 Å². The first kappa shape index (κ1) is 16.0. The Morgan fingerprint density at radius 1 is 1.35 bits per heavy atom. The standard InChI is InChI=1S/C18H25N3O2/c1-13-7-3-6-10-16(13)23-12-18(22)19-11-17-20-14-8-4-5-9-15(14)21(17)2/h4-5,8-9,13,16H,3,6-7,10-12H2,1-2H3,(H,19,22)/t13-,16+/m1/s1. The van der Waals surface area contributed by atoms with Gasteiger partial charge in [0.1, 0.15) is 12.4 Å². The zero-order valence-electron chi connectivity index (χ0n) is 13.9. The molecule has 1 aromatic carbocycles. The molecule has 124 valence electrons. The molecule has 0 saturated heterocycles. The van der Waals surface area contributed by atoms with Gasteiger partial charge in [0.25, 0.3) is 0 Å². The lowest BCUT2D eigenvalue weighted by Gasteiger charge is -2.28. The van der Waals surface area contributed by atoms with Gasteiger partial charge in [-0.2, -0.15) is 0 Å². The van der Waals surface area contributed by atoms with Crippen LogP contribution in [0.25, 0.3) is 11.0 Å². The highest BCUT2D eigenvalue weighted by molar-refractivity contribution is 5.78. The second kappa shape index (κ2) is 7.13. The van der Waals surface area contributed by atoms with Crippen molar-refractivity contribution < 1.29 is 9.53 Å². The lowest BCUT2D eigenvalue weighted by Crippen LogP contribution is -2.33. The number of hydrogen-bond donors (Lipinski definition) is 1. The number of aryl methyl sites for hydroxylation is 1. The van der Waals surface area contributed by atoms with Crippen molar-refractivity contribution in [2.24, 2.45) is 13.0 Å². The summed E-state index contributed by atoms with van der Waals surface area (Å²) >= 11 is 0. The van der Waals surface area contributed by atoms with Crippen LogP contribution in [0.15, 0.2) is 24.3 Å². The van der Waals surface area contributed by atoms with Crippen LogP contribution in [0.5, 0.6) is 0 Å². The summed E-state index contributed by atoms with van der Waals surface area (Å²) < 4.78 is 7.81. The Balaban J connectivity index is 1.51. The Morgan fingerprint density at radius 3 is 2.91 bits per heavy atom. The molecule has 23 heavy (non-hydrogen) atoms. The van der Waals surface area contributed by atoms with E-state index in [-0.39, 0.29) is 18.6 Å². The van der Waals surface area contributed by atoms with Gasteiger partial charge in [-0.25, -0.2) is 4.98 Å². The number of nitrogens with zero attached hydrogens (tertiary/aromatic N) is 2. The minimum atomic E-state index is -0.0742. The van der Waals surface area contributed by atoms with Gasteiger partial charge >= 0.3 is 0 Å². The highest BCUT2D eigenvalue weighted by Gasteiger charge is 2.22. The molecular weight excluding hydrogens is 290 g/mol. The molecule has 1 amide bonds. The summed E-state index contributed by atoms with van der Waals surface area (Å²) in [5.74, 6) is 1.33. The van der Waals surface area contributed by atoms with E-state index in [9.17, 15) is 4.79 Å². The van der Waals surface area contributed by atoms with Crippen LogP contribution in [0.3, 0.4) is 0 Å². The number of benzene rings is 1. The van der Waals surface area contributed by atoms with E-state index in [1.165, 1.54) is 19.3 Å². The van der Waals surface area contributed by atoms with Crippen LogP contribution in [-0.2, 0) is 23.1 Å². The van der Waals surface area contributed by atoms with Crippen molar-refractivity contribution in [1.82, 2.24) is 14.9 Å². The average Bonchev–Trinajstić information content (AvgIpc) is 2.89. The average molecular weight is 315 g/mol. The number of fused-ring (bicyclic) bond motifs is 1. The summed E-state index contributed by atoms with van der Waals surface area (Å²) in [5.41, 5.74) is 2.02. The molecule has 1 saturated carbocycles. The number of ether oxygens (including phenoxy) is 1. The Morgan fingerprint density at radius 2 is 2.13 bits per heavy atom. The van der Waals surface area contributed by atoms with Crippen molar-refractivity contribution in [3.8, 4) is 0 Å². The molecule has 5 nitrogen and oxygen atoms in total. The molecule has 0 unspecified atom stereocenters. The van der Waals surface area contributed by atoms with Crippen LogP contribution >= 0.6 is 0 Å². The fourth-order valence-corrected chi connectivity index (χ4v) is 3.29.